The maximum atomic E-state index is 12.7. The lowest BCUT2D eigenvalue weighted by atomic mass is 10.0. The van der Waals surface area contributed by atoms with Crippen LogP contribution in [0.15, 0.2) is 42.5 Å². The van der Waals surface area contributed by atoms with Crippen LogP contribution < -0.4 is 10.1 Å². The van der Waals surface area contributed by atoms with Crippen LogP contribution in [0.5, 0.6) is 5.75 Å². The van der Waals surface area contributed by atoms with Crippen molar-refractivity contribution in [3.05, 3.63) is 64.7 Å². The molecule has 0 unspecified atom stereocenters. The summed E-state index contributed by atoms with van der Waals surface area (Å²) in [4.78, 5) is 12.7. The van der Waals surface area contributed by atoms with Crippen molar-refractivity contribution in [3.8, 4) is 5.75 Å². The summed E-state index contributed by atoms with van der Waals surface area (Å²) in [5.74, 6) is 1.05. The van der Waals surface area contributed by atoms with E-state index in [-0.39, 0.29) is 11.9 Å². The molecule has 0 fully saturated rings. The third-order valence-electron chi connectivity index (χ3n) is 4.67. The van der Waals surface area contributed by atoms with Crippen molar-refractivity contribution in [3.63, 3.8) is 0 Å². The lowest BCUT2D eigenvalue weighted by Gasteiger charge is -2.23. The quantitative estimate of drug-likeness (QED) is 0.717. The second-order valence-corrected chi connectivity index (χ2v) is 7.34. The Bertz CT molecular complexity index is 734. The van der Waals surface area contributed by atoms with Crippen LogP contribution in [0.2, 0.25) is 0 Å². The fourth-order valence-corrected chi connectivity index (χ4v) is 2.97. The molecular weight excluding hydrogens is 322 g/mol. The number of carbonyl (C=O) groups is 1. The first-order chi connectivity index (χ1) is 12.3. The van der Waals surface area contributed by atoms with E-state index >= 15 is 0 Å². The normalized spacial score (nSPS) is 13.3. The molecule has 2 aromatic rings. The van der Waals surface area contributed by atoms with Crippen molar-refractivity contribution in [2.24, 2.45) is 0 Å². The number of carbonyl (C=O) groups excluding carboxylic acids is 1. The molecule has 0 aliphatic rings. The van der Waals surface area contributed by atoms with Crippen molar-refractivity contribution in [2.75, 3.05) is 0 Å². The number of nitrogens with one attached hydrogen (secondary N) is 1. The highest BCUT2D eigenvalue weighted by Gasteiger charge is 2.21. The van der Waals surface area contributed by atoms with Crippen molar-refractivity contribution in [1.82, 2.24) is 5.32 Å². The van der Waals surface area contributed by atoms with Crippen LogP contribution in [0.1, 0.15) is 68.3 Å². The Hall–Kier alpha value is -2.29. The molecule has 2 atom stereocenters. The van der Waals surface area contributed by atoms with Gasteiger partial charge in [-0.05, 0) is 55.9 Å². The molecule has 0 aromatic heterocycles. The van der Waals surface area contributed by atoms with Gasteiger partial charge in [-0.25, -0.2) is 0 Å². The van der Waals surface area contributed by atoms with Crippen LogP contribution in [-0.2, 0) is 4.79 Å². The van der Waals surface area contributed by atoms with Gasteiger partial charge in [0.05, 0.1) is 6.04 Å². The molecule has 0 spiro atoms. The molecule has 140 valence electrons. The van der Waals surface area contributed by atoms with Crippen LogP contribution in [0.3, 0.4) is 0 Å². The third-order valence-corrected chi connectivity index (χ3v) is 4.67. The summed E-state index contributed by atoms with van der Waals surface area (Å²) in [6.07, 6.45) is 0.289. The van der Waals surface area contributed by atoms with Crippen LogP contribution in [0.4, 0.5) is 0 Å². The van der Waals surface area contributed by atoms with Crippen LogP contribution in [-0.4, -0.2) is 12.0 Å². The average Bonchev–Trinajstić information content (AvgIpc) is 2.60. The molecule has 26 heavy (non-hydrogen) atoms. The molecule has 0 heterocycles. The SMILES string of the molecule is CC[C@@H](NC(=O)[C@H](C)Oc1cc(C)ccc1C(C)C)c1ccc(C)cc1. The Labute approximate surface area is 157 Å². The maximum Gasteiger partial charge on any atom is 0.261 e. The average molecular weight is 354 g/mol. The highest BCUT2D eigenvalue weighted by Crippen LogP contribution is 2.28. The summed E-state index contributed by atoms with van der Waals surface area (Å²) in [6, 6.07) is 14.5. The van der Waals surface area contributed by atoms with Crippen molar-refractivity contribution < 1.29 is 9.53 Å². The van der Waals surface area contributed by atoms with Gasteiger partial charge in [0.2, 0.25) is 0 Å². The molecule has 0 bridgehead atoms. The molecule has 0 saturated heterocycles. The zero-order valence-electron chi connectivity index (χ0n) is 16.8. The van der Waals surface area contributed by atoms with Gasteiger partial charge in [0, 0.05) is 0 Å². The number of rotatable bonds is 7. The minimum Gasteiger partial charge on any atom is -0.481 e. The fraction of sp³-hybridized carbons (Fsp3) is 0.435. The molecule has 3 heteroatoms. The Balaban J connectivity index is 2.09. The van der Waals surface area contributed by atoms with E-state index in [9.17, 15) is 4.79 Å². The van der Waals surface area contributed by atoms with Gasteiger partial charge in [0.25, 0.3) is 5.91 Å². The standard InChI is InChI=1S/C23H31NO2/c1-7-21(19-11-8-16(4)9-12-19)24-23(25)18(6)26-22-14-17(5)10-13-20(22)15(2)3/h8-15,18,21H,7H2,1-6H3,(H,24,25)/t18-,21+/m0/s1. The molecule has 3 nitrogen and oxygen atoms in total. The second kappa shape index (κ2) is 8.88. The highest BCUT2D eigenvalue weighted by molar-refractivity contribution is 5.81. The summed E-state index contributed by atoms with van der Waals surface area (Å²) < 4.78 is 6.04. The topological polar surface area (TPSA) is 38.3 Å². The van der Waals surface area contributed by atoms with Gasteiger partial charge in [0.15, 0.2) is 6.10 Å². The summed E-state index contributed by atoms with van der Waals surface area (Å²) in [6.45, 7) is 12.2. The van der Waals surface area contributed by atoms with E-state index in [1.165, 1.54) is 5.56 Å². The van der Waals surface area contributed by atoms with Gasteiger partial charge in [-0.3, -0.25) is 4.79 Å². The lowest BCUT2D eigenvalue weighted by Crippen LogP contribution is -2.38. The molecule has 1 N–H and O–H groups in total. The number of amides is 1. The van der Waals surface area contributed by atoms with Gasteiger partial charge in [-0.1, -0.05) is 62.7 Å². The fourth-order valence-electron chi connectivity index (χ4n) is 2.97. The largest absolute Gasteiger partial charge is 0.481 e. The predicted octanol–water partition coefficient (Wildman–Crippen LogP) is 5.46. The van der Waals surface area contributed by atoms with E-state index in [1.807, 2.05) is 19.9 Å². The molecule has 0 saturated carbocycles. The highest BCUT2D eigenvalue weighted by atomic mass is 16.5. The minimum atomic E-state index is -0.547. The lowest BCUT2D eigenvalue weighted by molar-refractivity contribution is -0.128. The number of benzene rings is 2. The van der Waals surface area contributed by atoms with Gasteiger partial charge >= 0.3 is 0 Å². The van der Waals surface area contributed by atoms with Crippen molar-refractivity contribution in [1.29, 1.82) is 0 Å². The summed E-state index contributed by atoms with van der Waals surface area (Å²) in [5.41, 5.74) is 4.59. The van der Waals surface area contributed by atoms with Gasteiger partial charge < -0.3 is 10.1 Å². The molecular formula is C23H31NO2. The van der Waals surface area contributed by atoms with Crippen LogP contribution in [0.25, 0.3) is 0 Å². The van der Waals surface area contributed by atoms with E-state index in [0.717, 1.165) is 28.9 Å². The number of hydrogen-bond acceptors (Lipinski definition) is 2. The van der Waals surface area contributed by atoms with E-state index in [1.54, 1.807) is 0 Å². The van der Waals surface area contributed by atoms with E-state index < -0.39 is 6.10 Å². The van der Waals surface area contributed by atoms with Crippen LogP contribution >= 0.6 is 0 Å². The van der Waals surface area contributed by atoms with Crippen LogP contribution in [0, 0.1) is 13.8 Å². The predicted molar refractivity (Wildman–Crippen MR) is 108 cm³/mol. The summed E-state index contributed by atoms with van der Waals surface area (Å²) >= 11 is 0. The van der Waals surface area contributed by atoms with E-state index in [2.05, 4.69) is 69.4 Å². The van der Waals surface area contributed by atoms with Gasteiger partial charge in [0.1, 0.15) is 5.75 Å². The van der Waals surface area contributed by atoms with Gasteiger partial charge in [-0.2, -0.15) is 0 Å². The van der Waals surface area contributed by atoms with Crippen molar-refractivity contribution in [2.45, 2.75) is 66.0 Å². The Kier molecular flexibility index (Phi) is 6.84. The molecule has 1 amide bonds. The molecule has 0 aliphatic heterocycles. The van der Waals surface area contributed by atoms with Crippen molar-refractivity contribution >= 4 is 5.91 Å². The minimum absolute atomic E-state index is 0.00349. The molecule has 2 aromatic carbocycles. The zero-order valence-corrected chi connectivity index (χ0v) is 16.8. The first kappa shape index (κ1) is 20.0. The molecule has 2 rings (SSSR count). The number of ether oxygens (including phenoxy) is 1. The smallest absolute Gasteiger partial charge is 0.261 e. The van der Waals surface area contributed by atoms with E-state index in [4.69, 9.17) is 4.74 Å². The molecule has 0 aliphatic carbocycles. The number of hydrogen-bond donors (Lipinski definition) is 1. The Morgan fingerprint density at radius 3 is 2.19 bits per heavy atom. The maximum absolute atomic E-state index is 12.7. The monoisotopic (exact) mass is 353 g/mol. The second-order valence-electron chi connectivity index (χ2n) is 7.34. The Morgan fingerprint density at radius 2 is 1.62 bits per heavy atom. The van der Waals surface area contributed by atoms with Gasteiger partial charge in [-0.15, -0.1) is 0 Å². The molecule has 0 radical (unpaired) electrons. The van der Waals surface area contributed by atoms with E-state index in [0.29, 0.717) is 5.92 Å². The first-order valence-electron chi connectivity index (χ1n) is 9.46. The third kappa shape index (κ3) is 5.10. The summed E-state index contributed by atoms with van der Waals surface area (Å²) in [7, 11) is 0. The zero-order chi connectivity index (χ0) is 19.3. The number of aryl methyl sites for hydroxylation is 2. The Morgan fingerprint density at radius 1 is 1.00 bits per heavy atom. The first-order valence-corrected chi connectivity index (χ1v) is 9.46. The summed E-state index contributed by atoms with van der Waals surface area (Å²) in [5, 5.41) is 3.12.